The fraction of sp³-hybridized carbons (Fsp3) is 0.316. The van der Waals surface area contributed by atoms with Crippen molar-refractivity contribution in [3.8, 4) is 0 Å². The van der Waals surface area contributed by atoms with Crippen molar-refractivity contribution >= 4 is 17.3 Å². The molecular formula is C19H21F2N3O. The Labute approximate surface area is 146 Å². The average molecular weight is 345 g/mol. The van der Waals surface area contributed by atoms with Gasteiger partial charge in [-0.3, -0.25) is 4.79 Å². The molecule has 6 heteroatoms. The molecule has 1 saturated heterocycles. The van der Waals surface area contributed by atoms with Gasteiger partial charge in [0.05, 0.1) is 12.2 Å². The molecule has 0 radical (unpaired) electrons. The van der Waals surface area contributed by atoms with Crippen molar-refractivity contribution in [2.45, 2.75) is 6.92 Å². The van der Waals surface area contributed by atoms with Crippen molar-refractivity contribution in [1.82, 2.24) is 4.90 Å². The normalized spacial score (nSPS) is 14.5. The molecule has 1 amide bonds. The highest BCUT2D eigenvalue weighted by molar-refractivity contribution is 5.81. The Balaban J connectivity index is 1.50. The van der Waals surface area contributed by atoms with Gasteiger partial charge in [0.1, 0.15) is 11.6 Å². The van der Waals surface area contributed by atoms with E-state index in [4.69, 9.17) is 0 Å². The fourth-order valence-electron chi connectivity index (χ4n) is 2.91. The number of nitrogens with zero attached hydrogens (tertiary/aromatic N) is 2. The van der Waals surface area contributed by atoms with Gasteiger partial charge in [0.25, 0.3) is 0 Å². The van der Waals surface area contributed by atoms with Gasteiger partial charge in [-0.1, -0.05) is 6.07 Å². The molecule has 4 nitrogen and oxygen atoms in total. The molecule has 1 fully saturated rings. The van der Waals surface area contributed by atoms with Gasteiger partial charge in [0.2, 0.25) is 5.91 Å². The minimum Gasteiger partial charge on any atom is -0.374 e. The molecule has 0 bridgehead atoms. The van der Waals surface area contributed by atoms with Gasteiger partial charge in [-0.2, -0.15) is 0 Å². The Bertz CT molecular complexity index is 741. The van der Waals surface area contributed by atoms with Gasteiger partial charge in [-0.25, -0.2) is 8.78 Å². The topological polar surface area (TPSA) is 35.6 Å². The Kier molecular flexibility index (Phi) is 5.16. The van der Waals surface area contributed by atoms with Gasteiger partial charge < -0.3 is 15.1 Å². The molecule has 1 aliphatic rings. The fourth-order valence-corrected chi connectivity index (χ4v) is 2.91. The first-order chi connectivity index (χ1) is 12.0. The summed E-state index contributed by atoms with van der Waals surface area (Å²) in [7, 11) is 0. The molecule has 0 spiro atoms. The van der Waals surface area contributed by atoms with E-state index in [0.717, 1.165) is 11.3 Å². The van der Waals surface area contributed by atoms with Crippen LogP contribution in [0.3, 0.4) is 0 Å². The third-order valence-electron chi connectivity index (χ3n) is 4.38. The van der Waals surface area contributed by atoms with E-state index in [1.165, 1.54) is 18.2 Å². The molecule has 0 atom stereocenters. The van der Waals surface area contributed by atoms with Crippen LogP contribution in [0, 0.1) is 18.6 Å². The molecule has 3 rings (SSSR count). The summed E-state index contributed by atoms with van der Waals surface area (Å²) in [6.07, 6.45) is 0. The second kappa shape index (κ2) is 7.51. The number of hydrogen-bond acceptors (Lipinski definition) is 3. The second-order valence-electron chi connectivity index (χ2n) is 6.18. The second-order valence-corrected chi connectivity index (χ2v) is 6.18. The molecule has 132 valence electrons. The number of carbonyl (C=O) groups is 1. The number of rotatable bonds is 4. The first kappa shape index (κ1) is 17.2. The van der Waals surface area contributed by atoms with Crippen LogP contribution in [-0.2, 0) is 4.79 Å². The van der Waals surface area contributed by atoms with Crippen LogP contribution in [0.15, 0.2) is 42.5 Å². The van der Waals surface area contributed by atoms with Gasteiger partial charge >= 0.3 is 0 Å². The van der Waals surface area contributed by atoms with Crippen molar-refractivity contribution < 1.29 is 13.6 Å². The minimum absolute atomic E-state index is 0.0567. The molecule has 0 unspecified atom stereocenters. The van der Waals surface area contributed by atoms with Crippen LogP contribution in [-0.4, -0.2) is 43.5 Å². The van der Waals surface area contributed by atoms with Gasteiger partial charge in [0.15, 0.2) is 0 Å². The first-order valence-electron chi connectivity index (χ1n) is 8.31. The number of aryl methyl sites for hydroxylation is 1. The van der Waals surface area contributed by atoms with E-state index >= 15 is 0 Å². The lowest BCUT2D eigenvalue weighted by Crippen LogP contribution is -2.50. The quantitative estimate of drug-likeness (QED) is 0.925. The lowest BCUT2D eigenvalue weighted by atomic mass is 10.2. The summed E-state index contributed by atoms with van der Waals surface area (Å²) < 4.78 is 26.8. The number of benzene rings is 2. The van der Waals surface area contributed by atoms with E-state index < -0.39 is 0 Å². The lowest BCUT2D eigenvalue weighted by Gasteiger charge is -2.36. The Morgan fingerprint density at radius 1 is 1.04 bits per heavy atom. The number of hydrogen-bond donors (Lipinski definition) is 1. The molecule has 1 heterocycles. The van der Waals surface area contributed by atoms with Crippen molar-refractivity contribution in [3.05, 3.63) is 59.7 Å². The standard InChI is InChI=1S/C19H21F2N3O/c1-14-2-7-18(17(21)12-14)22-13-19(25)24-10-8-23(9-11-24)16-5-3-15(20)4-6-16/h2-7,12,22H,8-11,13H2,1H3. The van der Waals surface area contributed by atoms with Crippen LogP contribution >= 0.6 is 0 Å². The molecule has 0 aromatic heterocycles. The SMILES string of the molecule is Cc1ccc(NCC(=O)N2CCN(c3ccc(F)cc3)CC2)c(F)c1. The first-order valence-corrected chi connectivity index (χ1v) is 8.31. The van der Waals surface area contributed by atoms with Crippen molar-refractivity contribution in [2.75, 3.05) is 42.9 Å². The molecule has 1 aliphatic heterocycles. The highest BCUT2D eigenvalue weighted by Gasteiger charge is 2.21. The summed E-state index contributed by atoms with van der Waals surface area (Å²) in [6.45, 7) is 4.45. The molecular weight excluding hydrogens is 324 g/mol. The molecule has 0 saturated carbocycles. The number of carbonyl (C=O) groups excluding carboxylic acids is 1. The Morgan fingerprint density at radius 2 is 1.72 bits per heavy atom. The summed E-state index contributed by atoms with van der Waals surface area (Å²) in [5, 5.41) is 2.86. The van der Waals surface area contributed by atoms with Crippen LogP contribution in [0.5, 0.6) is 0 Å². The van der Waals surface area contributed by atoms with Crippen LogP contribution in [0.1, 0.15) is 5.56 Å². The maximum Gasteiger partial charge on any atom is 0.241 e. The monoisotopic (exact) mass is 345 g/mol. The minimum atomic E-state index is -0.353. The van der Waals surface area contributed by atoms with E-state index in [-0.39, 0.29) is 24.1 Å². The number of halogens is 2. The summed E-state index contributed by atoms with van der Waals surface area (Å²) in [5.41, 5.74) is 2.13. The van der Waals surface area contributed by atoms with E-state index in [0.29, 0.717) is 31.9 Å². The highest BCUT2D eigenvalue weighted by atomic mass is 19.1. The van der Waals surface area contributed by atoms with Crippen molar-refractivity contribution in [3.63, 3.8) is 0 Å². The maximum atomic E-state index is 13.8. The van der Waals surface area contributed by atoms with Gasteiger partial charge in [0, 0.05) is 31.9 Å². The third kappa shape index (κ3) is 4.26. The Hall–Kier alpha value is -2.63. The number of piperazine rings is 1. The van der Waals surface area contributed by atoms with Gasteiger partial charge in [-0.15, -0.1) is 0 Å². The largest absolute Gasteiger partial charge is 0.374 e. The average Bonchev–Trinajstić information content (AvgIpc) is 2.61. The predicted octanol–water partition coefficient (Wildman–Crippen LogP) is 3.03. The Morgan fingerprint density at radius 3 is 2.36 bits per heavy atom. The predicted molar refractivity (Wildman–Crippen MR) is 94.8 cm³/mol. The van der Waals surface area contributed by atoms with Crippen LogP contribution < -0.4 is 10.2 Å². The number of anilines is 2. The zero-order valence-electron chi connectivity index (χ0n) is 14.1. The van der Waals surface area contributed by atoms with Crippen LogP contribution in [0.2, 0.25) is 0 Å². The zero-order chi connectivity index (χ0) is 17.8. The number of amides is 1. The van der Waals surface area contributed by atoms with Crippen molar-refractivity contribution in [2.24, 2.45) is 0 Å². The molecule has 25 heavy (non-hydrogen) atoms. The van der Waals surface area contributed by atoms with E-state index in [2.05, 4.69) is 10.2 Å². The lowest BCUT2D eigenvalue weighted by molar-refractivity contribution is -0.129. The maximum absolute atomic E-state index is 13.8. The smallest absolute Gasteiger partial charge is 0.241 e. The zero-order valence-corrected chi connectivity index (χ0v) is 14.1. The van der Waals surface area contributed by atoms with Gasteiger partial charge in [-0.05, 0) is 48.9 Å². The van der Waals surface area contributed by atoms with E-state index in [1.54, 1.807) is 29.2 Å². The number of nitrogens with one attached hydrogen (secondary N) is 1. The summed E-state index contributed by atoms with van der Waals surface area (Å²) in [5.74, 6) is -0.667. The third-order valence-corrected chi connectivity index (χ3v) is 4.38. The van der Waals surface area contributed by atoms with E-state index in [9.17, 15) is 13.6 Å². The summed E-state index contributed by atoms with van der Waals surface area (Å²) >= 11 is 0. The molecule has 1 N–H and O–H groups in total. The summed E-state index contributed by atoms with van der Waals surface area (Å²) in [6, 6.07) is 11.2. The summed E-state index contributed by atoms with van der Waals surface area (Å²) in [4.78, 5) is 16.2. The van der Waals surface area contributed by atoms with Crippen LogP contribution in [0.25, 0.3) is 0 Å². The van der Waals surface area contributed by atoms with Crippen LogP contribution in [0.4, 0.5) is 20.2 Å². The molecule has 0 aliphatic carbocycles. The highest BCUT2D eigenvalue weighted by Crippen LogP contribution is 2.18. The molecule has 2 aromatic rings. The van der Waals surface area contributed by atoms with E-state index in [1.807, 2.05) is 6.92 Å². The van der Waals surface area contributed by atoms with Crippen molar-refractivity contribution in [1.29, 1.82) is 0 Å². The molecule has 2 aromatic carbocycles.